The summed E-state index contributed by atoms with van der Waals surface area (Å²) in [6.45, 7) is 1.84. The smallest absolute Gasteiger partial charge is 0.237 e. The highest BCUT2D eigenvalue weighted by atomic mass is 35.5. The van der Waals surface area contributed by atoms with E-state index in [2.05, 4.69) is 5.32 Å². The normalized spacial score (nSPS) is 11.9. The summed E-state index contributed by atoms with van der Waals surface area (Å²) < 4.78 is 0. The lowest BCUT2D eigenvalue weighted by Crippen LogP contribution is -2.22. The number of halogens is 1. The zero-order valence-corrected chi connectivity index (χ0v) is 12.5. The minimum atomic E-state index is -0.269. The summed E-state index contributed by atoms with van der Waals surface area (Å²) in [5.74, 6) is -0.104. The molecule has 0 aliphatic rings. The van der Waals surface area contributed by atoms with Crippen LogP contribution in [0.4, 0.5) is 11.4 Å². The molecule has 3 N–H and O–H groups in total. The number of nitrogens with one attached hydrogen (secondary N) is 1. The second-order valence-corrected chi connectivity index (χ2v) is 6.06. The van der Waals surface area contributed by atoms with Gasteiger partial charge < -0.3 is 11.1 Å². The van der Waals surface area contributed by atoms with Gasteiger partial charge in [-0.2, -0.15) is 0 Å². The van der Waals surface area contributed by atoms with Crippen LogP contribution in [-0.2, 0) is 4.79 Å². The number of carbonyl (C=O) groups excluding carboxylic acids is 1. The maximum absolute atomic E-state index is 12.1. The third-order valence-electron chi connectivity index (χ3n) is 2.73. The first-order valence-corrected chi connectivity index (χ1v) is 7.40. The molecule has 1 unspecified atom stereocenters. The van der Waals surface area contributed by atoms with Crippen molar-refractivity contribution in [2.75, 3.05) is 11.1 Å². The number of nitrogens with two attached hydrogens (primary N) is 1. The second kappa shape index (κ2) is 6.68. The van der Waals surface area contributed by atoms with E-state index in [9.17, 15) is 4.79 Å². The van der Waals surface area contributed by atoms with E-state index >= 15 is 0 Å². The van der Waals surface area contributed by atoms with Crippen LogP contribution in [0.25, 0.3) is 0 Å². The van der Waals surface area contributed by atoms with Crippen molar-refractivity contribution in [3.63, 3.8) is 0 Å². The molecule has 0 saturated heterocycles. The molecule has 2 aromatic rings. The fourth-order valence-corrected chi connectivity index (χ4v) is 2.78. The summed E-state index contributed by atoms with van der Waals surface area (Å²) in [7, 11) is 0. The molecule has 20 heavy (non-hydrogen) atoms. The largest absolute Gasteiger partial charge is 0.397 e. The van der Waals surface area contributed by atoms with Crippen LogP contribution in [0, 0.1) is 0 Å². The SMILES string of the molecule is CC(Sc1ccccc1Cl)C(=O)Nc1ccccc1N. The first kappa shape index (κ1) is 14.8. The van der Waals surface area contributed by atoms with Crippen LogP contribution in [0.2, 0.25) is 5.02 Å². The second-order valence-electron chi connectivity index (χ2n) is 4.27. The molecule has 5 heteroatoms. The van der Waals surface area contributed by atoms with Gasteiger partial charge in [0, 0.05) is 4.90 Å². The summed E-state index contributed by atoms with van der Waals surface area (Å²) in [6, 6.07) is 14.7. The fraction of sp³-hybridized carbons (Fsp3) is 0.133. The molecule has 0 aliphatic carbocycles. The molecule has 0 heterocycles. The minimum Gasteiger partial charge on any atom is -0.397 e. The van der Waals surface area contributed by atoms with Crippen molar-refractivity contribution >= 4 is 40.6 Å². The van der Waals surface area contributed by atoms with Gasteiger partial charge in [-0.25, -0.2) is 0 Å². The molecule has 0 aliphatic heterocycles. The lowest BCUT2D eigenvalue weighted by molar-refractivity contribution is -0.115. The number of nitrogen functional groups attached to an aromatic ring is 1. The molecular weight excluding hydrogens is 292 g/mol. The van der Waals surface area contributed by atoms with Gasteiger partial charge >= 0.3 is 0 Å². The molecule has 2 rings (SSSR count). The first-order chi connectivity index (χ1) is 9.58. The van der Waals surface area contributed by atoms with Crippen LogP contribution in [0.3, 0.4) is 0 Å². The Morgan fingerprint density at radius 3 is 2.55 bits per heavy atom. The highest BCUT2D eigenvalue weighted by molar-refractivity contribution is 8.00. The van der Waals surface area contributed by atoms with Crippen molar-refractivity contribution in [3.8, 4) is 0 Å². The van der Waals surface area contributed by atoms with Crippen molar-refractivity contribution in [2.24, 2.45) is 0 Å². The summed E-state index contributed by atoms with van der Waals surface area (Å²) in [6.07, 6.45) is 0. The summed E-state index contributed by atoms with van der Waals surface area (Å²) in [5, 5.41) is 3.20. The lowest BCUT2D eigenvalue weighted by atomic mass is 10.2. The summed E-state index contributed by atoms with van der Waals surface area (Å²) in [5.41, 5.74) is 6.98. The van der Waals surface area contributed by atoms with Gasteiger partial charge in [-0.1, -0.05) is 35.9 Å². The number of hydrogen-bond acceptors (Lipinski definition) is 3. The fourth-order valence-electron chi connectivity index (χ4n) is 1.63. The molecule has 0 bridgehead atoms. The van der Waals surface area contributed by atoms with Gasteiger partial charge in [0.15, 0.2) is 0 Å². The van der Waals surface area contributed by atoms with Gasteiger partial charge in [0.25, 0.3) is 0 Å². The van der Waals surface area contributed by atoms with Crippen molar-refractivity contribution in [1.29, 1.82) is 0 Å². The monoisotopic (exact) mass is 306 g/mol. The number of thioether (sulfide) groups is 1. The Labute approximate surface area is 127 Å². The molecule has 0 spiro atoms. The van der Waals surface area contributed by atoms with E-state index in [-0.39, 0.29) is 11.2 Å². The number of amides is 1. The molecule has 0 aromatic heterocycles. The van der Waals surface area contributed by atoms with E-state index in [1.54, 1.807) is 12.1 Å². The number of anilines is 2. The highest BCUT2D eigenvalue weighted by Gasteiger charge is 2.16. The molecule has 1 atom stereocenters. The maximum Gasteiger partial charge on any atom is 0.237 e. The summed E-state index contributed by atoms with van der Waals surface area (Å²) >= 11 is 7.50. The molecule has 0 fully saturated rings. The Morgan fingerprint density at radius 2 is 1.85 bits per heavy atom. The molecule has 0 saturated carbocycles. The topological polar surface area (TPSA) is 55.1 Å². The predicted octanol–water partition coefficient (Wildman–Crippen LogP) is 4.04. The van der Waals surface area contributed by atoms with Gasteiger partial charge in [0.2, 0.25) is 5.91 Å². The lowest BCUT2D eigenvalue weighted by Gasteiger charge is -2.13. The average Bonchev–Trinajstić information content (AvgIpc) is 2.43. The number of rotatable bonds is 4. The Morgan fingerprint density at radius 1 is 1.20 bits per heavy atom. The van der Waals surface area contributed by atoms with Crippen molar-refractivity contribution in [2.45, 2.75) is 17.1 Å². The molecular formula is C15H15ClN2OS. The number of benzene rings is 2. The van der Waals surface area contributed by atoms with Gasteiger partial charge in [-0.05, 0) is 31.2 Å². The van der Waals surface area contributed by atoms with Crippen LogP contribution < -0.4 is 11.1 Å². The number of para-hydroxylation sites is 2. The first-order valence-electron chi connectivity index (χ1n) is 6.14. The van der Waals surface area contributed by atoms with E-state index in [1.165, 1.54) is 11.8 Å². The summed E-state index contributed by atoms with van der Waals surface area (Å²) in [4.78, 5) is 13.0. The Hall–Kier alpha value is -1.65. The zero-order valence-electron chi connectivity index (χ0n) is 11.0. The van der Waals surface area contributed by atoms with E-state index in [4.69, 9.17) is 17.3 Å². The van der Waals surface area contributed by atoms with Gasteiger partial charge in [0.05, 0.1) is 21.6 Å². The average molecular weight is 307 g/mol. The third kappa shape index (κ3) is 3.68. The van der Waals surface area contributed by atoms with Crippen LogP contribution >= 0.6 is 23.4 Å². The van der Waals surface area contributed by atoms with Gasteiger partial charge in [-0.15, -0.1) is 11.8 Å². The standard InChI is InChI=1S/C15H15ClN2OS/c1-10(20-14-9-5-2-6-11(14)16)15(19)18-13-8-4-3-7-12(13)17/h2-10H,17H2,1H3,(H,18,19). The van der Waals surface area contributed by atoms with Crippen molar-refractivity contribution < 1.29 is 4.79 Å². The van der Waals surface area contributed by atoms with Crippen LogP contribution in [0.5, 0.6) is 0 Å². The Balaban J connectivity index is 2.03. The van der Waals surface area contributed by atoms with E-state index in [0.717, 1.165) is 4.90 Å². The van der Waals surface area contributed by atoms with Crippen LogP contribution in [0.15, 0.2) is 53.4 Å². The highest BCUT2D eigenvalue weighted by Crippen LogP contribution is 2.30. The maximum atomic E-state index is 12.1. The van der Waals surface area contributed by atoms with Crippen LogP contribution in [0.1, 0.15) is 6.92 Å². The molecule has 3 nitrogen and oxygen atoms in total. The molecule has 0 radical (unpaired) electrons. The van der Waals surface area contributed by atoms with E-state index in [1.807, 2.05) is 43.3 Å². The van der Waals surface area contributed by atoms with Crippen LogP contribution in [-0.4, -0.2) is 11.2 Å². The third-order valence-corrected chi connectivity index (χ3v) is 4.35. The Kier molecular flexibility index (Phi) is 4.93. The molecule has 1 amide bonds. The minimum absolute atomic E-state index is 0.104. The van der Waals surface area contributed by atoms with Crippen molar-refractivity contribution in [3.05, 3.63) is 53.6 Å². The molecule has 2 aromatic carbocycles. The quantitative estimate of drug-likeness (QED) is 0.662. The van der Waals surface area contributed by atoms with Gasteiger partial charge in [-0.3, -0.25) is 4.79 Å². The van der Waals surface area contributed by atoms with Crippen molar-refractivity contribution in [1.82, 2.24) is 0 Å². The van der Waals surface area contributed by atoms with E-state index in [0.29, 0.717) is 16.4 Å². The number of carbonyl (C=O) groups is 1. The zero-order chi connectivity index (χ0) is 14.5. The predicted molar refractivity (Wildman–Crippen MR) is 86.3 cm³/mol. The van der Waals surface area contributed by atoms with E-state index < -0.39 is 0 Å². The Bertz CT molecular complexity index is 618. The van der Waals surface area contributed by atoms with Gasteiger partial charge in [0.1, 0.15) is 0 Å². The molecule has 104 valence electrons. The number of hydrogen-bond donors (Lipinski definition) is 2.